The number of piperidine rings is 2. The third-order valence-electron chi connectivity index (χ3n) is 5.79. The van der Waals surface area contributed by atoms with Crippen LogP contribution in [0.1, 0.15) is 63.2 Å². The summed E-state index contributed by atoms with van der Waals surface area (Å²) in [6, 6.07) is 5.82. The summed E-state index contributed by atoms with van der Waals surface area (Å²) in [5, 5.41) is 2.95. The van der Waals surface area contributed by atoms with Crippen molar-refractivity contribution < 1.29 is 9.59 Å². The second kappa shape index (κ2) is 8.77. The van der Waals surface area contributed by atoms with E-state index in [0.29, 0.717) is 11.6 Å². The second-order valence-corrected chi connectivity index (χ2v) is 8.40. The molecule has 0 spiro atoms. The molecule has 0 atom stereocenters. The summed E-state index contributed by atoms with van der Waals surface area (Å²) in [5.41, 5.74) is 2.46. The normalized spacial score (nSPS) is 18.7. The Balaban J connectivity index is 1.88. The Kier molecular flexibility index (Phi) is 6.40. The Bertz CT molecular complexity index is 672. The van der Waals surface area contributed by atoms with Crippen molar-refractivity contribution in [3.8, 4) is 0 Å². The van der Waals surface area contributed by atoms with Crippen molar-refractivity contribution in [1.82, 2.24) is 4.90 Å². The maximum Gasteiger partial charge on any atom is 0.256 e. The topological polar surface area (TPSA) is 52.7 Å². The van der Waals surface area contributed by atoms with E-state index in [-0.39, 0.29) is 17.7 Å². The van der Waals surface area contributed by atoms with Crippen LogP contribution in [0.25, 0.3) is 0 Å². The van der Waals surface area contributed by atoms with Gasteiger partial charge in [-0.25, -0.2) is 0 Å². The smallest absolute Gasteiger partial charge is 0.256 e. The van der Waals surface area contributed by atoms with Gasteiger partial charge in [0.2, 0.25) is 5.91 Å². The van der Waals surface area contributed by atoms with Gasteiger partial charge < -0.3 is 15.1 Å². The van der Waals surface area contributed by atoms with Gasteiger partial charge in [0.05, 0.1) is 5.56 Å². The molecule has 3 rings (SSSR count). The number of hydrogen-bond acceptors (Lipinski definition) is 3. The molecule has 0 saturated carbocycles. The van der Waals surface area contributed by atoms with Crippen LogP contribution < -0.4 is 10.2 Å². The average Bonchev–Trinajstić information content (AvgIpc) is 2.68. The fraction of sp³-hybridized carbons (Fsp3) is 0.636. The fourth-order valence-electron chi connectivity index (χ4n) is 3.86. The highest BCUT2D eigenvalue weighted by Gasteiger charge is 2.26. The number of amides is 2. The van der Waals surface area contributed by atoms with Crippen molar-refractivity contribution in [2.24, 2.45) is 11.8 Å². The summed E-state index contributed by atoms with van der Waals surface area (Å²) in [4.78, 5) is 29.7. The minimum atomic E-state index is -0.0884. The largest absolute Gasteiger partial charge is 0.371 e. The number of nitrogens with zero attached hydrogens (tertiary/aromatic N) is 2. The Hall–Kier alpha value is -2.04. The lowest BCUT2D eigenvalue weighted by Crippen LogP contribution is -2.39. The monoisotopic (exact) mass is 371 g/mol. The first-order valence-corrected chi connectivity index (χ1v) is 10.4. The summed E-state index contributed by atoms with van der Waals surface area (Å²) in [6.45, 7) is 9.63. The molecule has 2 fully saturated rings. The lowest BCUT2D eigenvalue weighted by atomic mass is 9.98. The molecule has 2 amide bonds. The third kappa shape index (κ3) is 4.82. The summed E-state index contributed by atoms with van der Waals surface area (Å²) in [7, 11) is 0. The zero-order valence-corrected chi connectivity index (χ0v) is 17.0. The van der Waals surface area contributed by atoms with Gasteiger partial charge in [0, 0.05) is 43.5 Å². The predicted molar refractivity (Wildman–Crippen MR) is 110 cm³/mol. The molecule has 1 N–H and O–H groups in total. The first kappa shape index (κ1) is 19.7. The van der Waals surface area contributed by atoms with Crippen molar-refractivity contribution in [2.75, 3.05) is 36.4 Å². The molecule has 1 aromatic carbocycles. The number of hydrogen-bond donors (Lipinski definition) is 1. The lowest BCUT2D eigenvalue weighted by Gasteiger charge is -2.34. The highest BCUT2D eigenvalue weighted by molar-refractivity contribution is 6.02. The van der Waals surface area contributed by atoms with E-state index in [1.54, 1.807) is 0 Å². The van der Waals surface area contributed by atoms with E-state index in [9.17, 15) is 9.59 Å². The van der Waals surface area contributed by atoms with Crippen molar-refractivity contribution in [3.05, 3.63) is 23.8 Å². The van der Waals surface area contributed by atoms with Crippen molar-refractivity contribution in [3.63, 3.8) is 0 Å². The standard InChI is InChI=1S/C22H33N3O2/c1-16(2)21(26)23-18-7-8-20(24-11-5-4-6-12-24)19(15-18)22(27)25-13-9-17(3)10-14-25/h7-8,15-17H,4-6,9-14H2,1-3H3,(H,23,26). The molecular formula is C22H33N3O2. The van der Waals surface area contributed by atoms with Gasteiger partial charge in [-0.2, -0.15) is 0 Å². The number of nitrogens with one attached hydrogen (secondary N) is 1. The van der Waals surface area contributed by atoms with Gasteiger partial charge in [-0.3, -0.25) is 9.59 Å². The fourth-order valence-corrected chi connectivity index (χ4v) is 3.86. The van der Waals surface area contributed by atoms with Crippen LogP contribution in [0, 0.1) is 11.8 Å². The molecule has 0 aliphatic carbocycles. The van der Waals surface area contributed by atoms with Crippen molar-refractivity contribution >= 4 is 23.2 Å². The predicted octanol–water partition coefficient (Wildman–Crippen LogP) is 4.14. The molecule has 0 unspecified atom stereocenters. The molecular weight excluding hydrogens is 338 g/mol. The molecule has 0 bridgehead atoms. The SMILES string of the molecule is CC1CCN(C(=O)c2cc(NC(=O)C(C)C)ccc2N2CCCCC2)CC1. The number of benzene rings is 1. The lowest BCUT2D eigenvalue weighted by molar-refractivity contribution is -0.118. The zero-order chi connectivity index (χ0) is 19.4. The summed E-state index contributed by atoms with van der Waals surface area (Å²) in [5.74, 6) is 0.677. The molecule has 148 valence electrons. The number of anilines is 2. The summed E-state index contributed by atoms with van der Waals surface area (Å²) < 4.78 is 0. The maximum absolute atomic E-state index is 13.3. The average molecular weight is 372 g/mol. The molecule has 0 radical (unpaired) electrons. The van der Waals surface area contributed by atoms with E-state index < -0.39 is 0 Å². The van der Waals surface area contributed by atoms with Crippen LogP contribution in [0.15, 0.2) is 18.2 Å². The molecule has 2 aliphatic rings. The first-order valence-electron chi connectivity index (χ1n) is 10.4. The van der Waals surface area contributed by atoms with Crippen molar-refractivity contribution in [1.29, 1.82) is 0 Å². The highest BCUT2D eigenvalue weighted by Crippen LogP contribution is 2.29. The quantitative estimate of drug-likeness (QED) is 0.865. The van der Waals surface area contributed by atoms with Crippen molar-refractivity contribution in [2.45, 2.75) is 52.9 Å². The summed E-state index contributed by atoms with van der Waals surface area (Å²) >= 11 is 0. The Morgan fingerprint density at radius 3 is 2.33 bits per heavy atom. The number of carbonyl (C=O) groups is 2. The van der Waals surface area contributed by atoms with Crippen LogP contribution in [0.3, 0.4) is 0 Å². The molecule has 2 aliphatic heterocycles. The number of likely N-dealkylation sites (tertiary alicyclic amines) is 1. The van der Waals surface area contributed by atoms with E-state index in [4.69, 9.17) is 0 Å². The molecule has 5 nitrogen and oxygen atoms in total. The van der Waals surface area contributed by atoms with Gasteiger partial charge in [0.15, 0.2) is 0 Å². The van der Waals surface area contributed by atoms with Crippen LogP contribution in [0.4, 0.5) is 11.4 Å². The van der Waals surface area contributed by atoms with Crippen LogP contribution in [-0.4, -0.2) is 42.9 Å². The molecule has 27 heavy (non-hydrogen) atoms. The molecule has 1 aromatic rings. The van der Waals surface area contributed by atoms with E-state index in [1.165, 1.54) is 19.3 Å². The Morgan fingerprint density at radius 2 is 1.70 bits per heavy atom. The van der Waals surface area contributed by atoms with Gasteiger partial charge in [-0.1, -0.05) is 20.8 Å². The van der Waals surface area contributed by atoms with Gasteiger partial charge in [-0.15, -0.1) is 0 Å². The van der Waals surface area contributed by atoms with Gasteiger partial charge in [0.25, 0.3) is 5.91 Å². The van der Waals surface area contributed by atoms with Crippen LogP contribution >= 0.6 is 0 Å². The molecule has 2 heterocycles. The maximum atomic E-state index is 13.3. The molecule has 2 saturated heterocycles. The van der Waals surface area contributed by atoms with Gasteiger partial charge in [-0.05, 0) is 56.2 Å². The first-order chi connectivity index (χ1) is 13.0. The highest BCUT2D eigenvalue weighted by atomic mass is 16.2. The van der Waals surface area contributed by atoms with Crippen LogP contribution in [0.2, 0.25) is 0 Å². The van der Waals surface area contributed by atoms with E-state index >= 15 is 0 Å². The van der Waals surface area contributed by atoms with Crippen LogP contribution in [-0.2, 0) is 4.79 Å². The Morgan fingerprint density at radius 1 is 1.04 bits per heavy atom. The van der Waals surface area contributed by atoms with E-state index in [1.807, 2.05) is 36.9 Å². The minimum Gasteiger partial charge on any atom is -0.371 e. The summed E-state index contributed by atoms with van der Waals surface area (Å²) in [6.07, 6.45) is 5.72. The molecule has 5 heteroatoms. The molecule has 0 aromatic heterocycles. The van der Waals surface area contributed by atoms with Gasteiger partial charge in [0.1, 0.15) is 0 Å². The van der Waals surface area contributed by atoms with E-state index in [2.05, 4.69) is 17.1 Å². The third-order valence-corrected chi connectivity index (χ3v) is 5.79. The second-order valence-electron chi connectivity index (χ2n) is 8.40. The van der Waals surface area contributed by atoms with Crippen LogP contribution in [0.5, 0.6) is 0 Å². The number of rotatable bonds is 4. The number of carbonyl (C=O) groups excluding carboxylic acids is 2. The Labute approximate surface area is 163 Å². The van der Waals surface area contributed by atoms with Gasteiger partial charge >= 0.3 is 0 Å². The zero-order valence-electron chi connectivity index (χ0n) is 17.0. The minimum absolute atomic E-state index is 0.0223. The van der Waals surface area contributed by atoms with E-state index in [0.717, 1.165) is 50.3 Å².